The second kappa shape index (κ2) is 4.11. The number of rotatable bonds is 3. The van der Waals surface area contributed by atoms with Gasteiger partial charge in [-0.2, -0.15) is 0 Å². The van der Waals surface area contributed by atoms with Gasteiger partial charge in [0.15, 0.2) is 0 Å². The van der Waals surface area contributed by atoms with E-state index in [1.807, 2.05) is 32.9 Å². The Balaban J connectivity index is 3.01. The molecular formula is C12H19NO. The van der Waals surface area contributed by atoms with E-state index in [0.717, 1.165) is 5.56 Å². The monoisotopic (exact) mass is 193 g/mol. The molecule has 78 valence electrons. The van der Waals surface area contributed by atoms with Crippen LogP contribution in [0.2, 0.25) is 0 Å². The molecule has 2 N–H and O–H groups in total. The molecule has 0 radical (unpaired) electrons. The van der Waals surface area contributed by atoms with E-state index < -0.39 is 0 Å². The first kappa shape index (κ1) is 11.2. The fourth-order valence-electron chi connectivity index (χ4n) is 1.33. The smallest absolute Gasteiger partial charge is 0.0793 e. The van der Waals surface area contributed by atoms with Gasteiger partial charge < -0.3 is 10.5 Å². The normalized spacial score (nSPS) is 14.1. The molecule has 0 heterocycles. The van der Waals surface area contributed by atoms with Crippen LogP contribution in [-0.4, -0.2) is 7.11 Å². The Labute approximate surface area is 86.1 Å². The number of benzene rings is 1. The third-order valence-electron chi connectivity index (χ3n) is 2.45. The van der Waals surface area contributed by atoms with Gasteiger partial charge in [0.2, 0.25) is 0 Å². The molecule has 0 bridgehead atoms. The molecular weight excluding hydrogens is 174 g/mol. The van der Waals surface area contributed by atoms with Crippen molar-refractivity contribution >= 4 is 0 Å². The van der Waals surface area contributed by atoms with Crippen molar-refractivity contribution in [3.63, 3.8) is 0 Å². The molecule has 1 aromatic carbocycles. The van der Waals surface area contributed by atoms with Crippen LogP contribution in [0, 0.1) is 0 Å². The average molecular weight is 193 g/mol. The SMILES string of the molecule is COC(C)c1cccc(C(C)(C)N)c1. The quantitative estimate of drug-likeness (QED) is 0.800. The van der Waals surface area contributed by atoms with Gasteiger partial charge >= 0.3 is 0 Å². The van der Waals surface area contributed by atoms with Crippen molar-refractivity contribution < 1.29 is 4.74 Å². The predicted molar refractivity (Wildman–Crippen MR) is 59.1 cm³/mol. The average Bonchev–Trinajstić information content (AvgIpc) is 2.15. The maximum absolute atomic E-state index is 6.03. The molecule has 0 amide bonds. The largest absolute Gasteiger partial charge is 0.377 e. The molecule has 2 nitrogen and oxygen atoms in total. The van der Waals surface area contributed by atoms with Gasteiger partial charge in [-0.15, -0.1) is 0 Å². The highest BCUT2D eigenvalue weighted by Gasteiger charge is 2.15. The highest BCUT2D eigenvalue weighted by atomic mass is 16.5. The lowest BCUT2D eigenvalue weighted by molar-refractivity contribution is 0.119. The van der Waals surface area contributed by atoms with Crippen molar-refractivity contribution in [2.45, 2.75) is 32.4 Å². The molecule has 0 aliphatic heterocycles. The Bertz CT molecular complexity index is 301. The maximum Gasteiger partial charge on any atom is 0.0793 e. The second-order valence-electron chi connectivity index (χ2n) is 4.23. The lowest BCUT2D eigenvalue weighted by atomic mass is 9.93. The van der Waals surface area contributed by atoms with Gasteiger partial charge in [0.05, 0.1) is 6.10 Å². The molecule has 1 aromatic rings. The summed E-state index contributed by atoms with van der Waals surface area (Å²) in [7, 11) is 1.71. The second-order valence-corrected chi connectivity index (χ2v) is 4.23. The number of nitrogens with two attached hydrogens (primary N) is 1. The summed E-state index contributed by atoms with van der Waals surface area (Å²) in [5, 5.41) is 0. The van der Waals surface area contributed by atoms with Gasteiger partial charge in [0.25, 0.3) is 0 Å². The molecule has 0 aliphatic rings. The van der Waals surface area contributed by atoms with Crippen LogP contribution in [0.25, 0.3) is 0 Å². The van der Waals surface area contributed by atoms with E-state index >= 15 is 0 Å². The summed E-state index contributed by atoms with van der Waals surface area (Å²) in [5.41, 5.74) is 8.05. The molecule has 2 heteroatoms. The summed E-state index contributed by atoms with van der Waals surface area (Å²) in [6.45, 7) is 6.04. The number of hydrogen-bond acceptors (Lipinski definition) is 2. The molecule has 0 aromatic heterocycles. The van der Waals surface area contributed by atoms with Crippen LogP contribution in [0.5, 0.6) is 0 Å². The minimum absolute atomic E-state index is 0.122. The fraction of sp³-hybridized carbons (Fsp3) is 0.500. The highest BCUT2D eigenvalue weighted by molar-refractivity contribution is 5.29. The fourth-order valence-corrected chi connectivity index (χ4v) is 1.33. The third kappa shape index (κ3) is 2.56. The summed E-state index contributed by atoms with van der Waals surface area (Å²) >= 11 is 0. The van der Waals surface area contributed by atoms with Crippen molar-refractivity contribution in [2.24, 2.45) is 5.73 Å². The van der Waals surface area contributed by atoms with Crippen molar-refractivity contribution in [3.05, 3.63) is 35.4 Å². The van der Waals surface area contributed by atoms with Gasteiger partial charge in [-0.3, -0.25) is 0 Å². The molecule has 1 rings (SSSR count). The van der Waals surface area contributed by atoms with Gasteiger partial charge in [0, 0.05) is 12.6 Å². The van der Waals surface area contributed by atoms with Crippen molar-refractivity contribution in [1.82, 2.24) is 0 Å². The van der Waals surface area contributed by atoms with E-state index in [-0.39, 0.29) is 11.6 Å². The molecule has 0 saturated carbocycles. The molecule has 0 aliphatic carbocycles. The minimum atomic E-state index is -0.288. The Kier molecular flexibility index (Phi) is 3.29. The third-order valence-corrected chi connectivity index (χ3v) is 2.45. The van der Waals surface area contributed by atoms with Gasteiger partial charge in [-0.1, -0.05) is 24.3 Å². The summed E-state index contributed by atoms with van der Waals surface area (Å²) in [6, 6.07) is 8.23. The lowest BCUT2D eigenvalue weighted by Gasteiger charge is -2.21. The van der Waals surface area contributed by atoms with Crippen molar-refractivity contribution in [1.29, 1.82) is 0 Å². The Morgan fingerprint density at radius 3 is 2.50 bits per heavy atom. The molecule has 14 heavy (non-hydrogen) atoms. The summed E-state index contributed by atoms with van der Waals surface area (Å²) in [5.74, 6) is 0. The maximum atomic E-state index is 6.03. The molecule has 0 spiro atoms. The Morgan fingerprint density at radius 1 is 1.36 bits per heavy atom. The minimum Gasteiger partial charge on any atom is -0.377 e. The van der Waals surface area contributed by atoms with Crippen LogP contribution < -0.4 is 5.73 Å². The van der Waals surface area contributed by atoms with Gasteiger partial charge in [0.1, 0.15) is 0 Å². The molecule has 0 fully saturated rings. The van der Waals surface area contributed by atoms with Crippen molar-refractivity contribution in [3.8, 4) is 0 Å². The molecule has 1 unspecified atom stereocenters. The number of hydrogen-bond donors (Lipinski definition) is 1. The van der Waals surface area contributed by atoms with Crippen LogP contribution in [0.4, 0.5) is 0 Å². The van der Waals surface area contributed by atoms with E-state index in [0.29, 0.717) is 0 Å². The molecule has 1 atom stereocenters. The molecule has 0 saturated heterocycles. The van der Waals surface area contributed by atoms with E-state index in [1.54, 1.807) is 7.11 Å². The van der Waals surface area contributed by atoms with Crippen LogP contribution in [0.1, 0.15) is 38.0 Å². The summed E-state index contributed by atoms with van der Waals surface area (Å²) in [6.07, 6.45) is 0.122. The van der Waals surface area contributed by atoms with Crippen molar-refractivity contribution in [2.75, 3.05) is 7.11 Å². The van der Waals surface area contributed by atoms with E-state index in [9.17, 15) is 0 Å². The lowest BCUT2D eigenvalue weighted by Crippen LogP contribution is -2.28. The van der Waals surface area contributed by atoms with Crippen LogP contribution in [0.15, 0.2) is 24.3 Å². The van der Waals surface area contributed by atoms with Crippen LogP contribution in [-0.2, 0) is 10.3 Å². The van der Waals surface area contributed by atoms with E-state index in [1.165, 1.54) is 5.56 Å². The first-order valence-electron chi connectivity index (χ1n) is 4.87. The summed E-state index contributed by atoms with van der Waals surface area (Å²) < 4.78 is 5.26. The number of ether oxygens (including phenoxy) is 1. The topological polar surface area (TPSA) is 35.2 Å². The van der Waals surface area contributed by atoms with Crippen LogP contribution >= 0.6 is 0 Å². The summed E-state index contributed by atoms with van der Waals surface area (Å²) in [4.78, 5) is 0. The number of methoxy groups -OCH3 is 1. The standard InChI is InChI=1S/C12H19NO/c1-9(14-4)10-6-5-7-11(8-10)12(2,3)13/h5-9H,13H2,1-4H3. The van der Waals surface area contributed by atoms with Crippen LogP contribution in [0.3, 0.4) is 0 Å². The van der Waals surface area contributed by atoms with E-state index in [4.69, 9.17) is 10.5 Å². The predicted octanol–water partition coefficient (Wildman–Crippen LogP) is 2.59. The van der Waals surface area contributed by atoms with E-state index in [2.05, 4.69) is 12.1 Å². The Morgan fingerprint density at radius 2 is 2.00 bits per heavy atom. The zero-order valence-corrected chi connectivity index (χ0v) is 9.37. The first-order valence-corrected chi connectivity index (χ1v) is 4.87. The zero-order chi connectivity index (χ0) is 10.8. The highest BCUT2D eigenvalue weighted by Crippen LogP contribution is 2.22. The zero-order valence-electron chi connectivity index (χ0n) is 9.37. The van der Waals surface area contributed by atoms with Gasteiger partial charge in [-0.05, 0) is 31.9 Å². The van der Waals surface area contributed by atoms with Gasteiger partial charge in [-0.25, -0.2) is 0 Å². The first-order chi connectivity index (χ1) is 6.45. The Hall–Kier alpha value is -0.860.